The Morgan fingerprint density at radius 1 is 1.06 bits per heavy atom. The average Bonchev–Trinajstić information content (AvgIpc) is 2.66. The van der Waals surface area contributed by atoms with E-state index in [0.717, 1.165) is 16.7 Å². The molecule has 2 aromatic rings. The van der Waals surface area contributed by atoms with Crippen LogP contribution >= 0.6 is 0 Å². The molecule has 5 nitrogen and oxygen atoms in total. The van der Waals surface area contributed by atoms with Crippen LogP contribution in [-0.4, -0.2) is 25.1 Å². The molecule has 0 radical (unpaired) electrons. The molecule has 0 saturated heterocycles. The van der Waals surface area contributed by atoms with E-state index in [-0.39, 0.29) is 28.7 Å². The Morgan fingerprint density at radius 3 is 2.06 bits per heavy atom. The van der Waals surface area contributed by atoms with Gasteiger partial charge in [0.2, 0.25) is 0 Å². The molecule has 1 N–H and O–H groups in total. The van der Waals surface area contributed by atoms with Crippen LogP contribution < -0.4 is 0 Å². The highest BCUT2D eigenvalue weighted by Crippen LogP contribution is 2.29. The second-order valence-corrected chi connectivity index (χ2v) is 11.1. The fourth-order valence-electron chi connectivity index (χ4n) is 3.65. The molecule has 0 aliphatic carbocycles. The van der Waals surface area contributed by atoms with Gasteiger partial charge in [-0.2, -0.15) is 5.26 Å². The van der Waals surface area contributed by atoms with Crippen molar-refractivity contribution in [3.63, 3.8) is 0 Å². The number of nitrogens with zero attached hydrogens (tertiary/aromatic N) is 1. The minimum absolute atomic E-state index is 0.0391. The van der Waals surface area contributed by atoms with Crippen LogP contribution in [0.25, 0.3) is 0 Å². The molecular formula is C25H31NO4S. The van der Waals surface area contributed by atoms with E-state index in [4.69, 9.17) is 0 Å². The third-order valence-electron chi connectivity index (χ3n) is 5.32. The number of carbonyl (C=O) groups is 1. The minimum Gasteiger partial charge on any atom is -0.386 e. The van der Waals surface area contributed by atoms with Crippen molar-refractivity contribution in [3.8, 4) is 6.07 Å². The zero-order chi connectivity index (χ0) is 23.6. The van der Waals surface area contributed by atoms with E-state index in [1.54, 1.807) is 0 Å². The second-order valence-electron chi connectivity index (χ2n) is 9.12. The van der Waals surface area contributed by atoms with Gasteiger partial charge in [0.15, 0.2) is 15.6 Å². The first-order chi connectivity index (χ1) is 14.3. The molecule has 31 heavy (non-hydrogen) atoms. The Kier molecular flexibility index (Phi) is 7.46. The third-order valence-corrected chi connectivity index (χ3v) is 6.97. The maximum Gasteiger partial charge on any atom is 0.185 e. The second kappa shape index (κ2) is 9.33. The number of aliphatic hydroxyl groups is 1. The van der Waals surface area contributed by atoms with Gasteiger partial charge in [-0.25, -0.2) is 8.42 Å². The monoisotopic (exact) mass is 441 g/mol. The molecule has 6 heteroatoms. The van der Waals surface area contributed by atoms with Crippen molar-refractivity contribution < 1.29 is 18.3 Å². The van der Waals surface area contributed by atoms with E-state index in [1.165, 1.54) is 32.0 Å². The van der Waals surface area contributed by atoms with Crippen LogP contribution in [0.4, 0.5) is 0 Å². The molecule has 0 unspecified atom stereocenters. The first-order valence-electron chi connectivity index (χ1n) is 10.4. The van der Waals surface area contributed by atoms with Crippen molar-refractivity contribution in [2.24, 2.45) is 0 Å². The Hall–Kier alpha value is -2.49. The van der Waals surface area contributed by atoms with Crippen molar-refractivity contribution in [2.75, 3.05) is 5.75 Å². The quantitative estimate of drug-likeness (QED) is 0.645. The van der Waals surface area contributed by atoms with Crippen molar-refractivity contribution in [2.45, 2.75) is 70.3 Å². The van der Waals surface area contributed by atoms with Crippen LogP contribution in [0.2, 0.25) is 0 Å². The molecule has 0 fully saturated rings. The molecular weight excluding hydrogens is 410 g/mol. The zero-order valence-corrected chi connectivity index (χ0v) is 19.9. The lowest BCUT2D eigenvalue weighted by Crippen LogP contribution is -2.21. The maximum absolute atomic E-state index is 13.0. The lowest BCUT2D eigenvalue weighted by atomic mass is 9.86. The Morgan fingerprint density at radius 2 is 1.61 bits per heavy atom. The zero-order valence-electron chi connectivity index (χ0n) is 19.1. The summed E-state index contributed by atoms with van der Waals surface area (Å²) in [5.74, 6) is -0.640. The largest absolute Gasteiger partial charge is 0.386 e. The molecule has 0 bridgehead atoms. The summed E-state index contributed by atoms with van der Waals surface area (Å²) in [6.07, 6.45) is 0.0391. The SMILES string of the molecule is CC(C)c1cccc(C(C)C)c1CC(=O)CS(=O)(=O)c1cc(C#N)cc(C(C)(C)O)c1. The first-order valence-corrected chi connectivity index (χ1v) is 12.1. The molecule has 0 aliphatic heterocycles. The molecule has 2 aromatic carbocycles. The van der Waals surface area contributed by atoms with Crippen molar-refractivity contribution in [1.82, 2.24) is 0 Å². The lowest BCUT2D eigenvalue weighted by Gasteiger charge is -2.20. The van der Waals surface area contributed by atoms with Crippen LogP contribution in [0.1, 0.15) is 81.2 Å². The van der Waals surface area contributed by atoms with Crippen LogP contribution in [0.3, 0.4) is 0 Å². The van der Waals surface area contributed by atoms with Gasteiger partial charge in [0.1, 0.15) is 5.75 Å². The van der Waals surface area contributed by atoms with Gasteiger partial charge in [-0.3, -0.25) is 4.79 Å². The molecule has 0 spiro atoms. The summed E-state index contributed by atoms with van der Waals surface area (Å²) in [5.41, 5.74) is 2.11. The third kappa shape index (κ3) is 6.03. The van der Waals surface area contributed by atoms with Gasteiger partial charge < -0.3 is 5.11 Å². The Balaban J connectivity index is 2.41. The highest BCUT2D eigenvalue weighted by Gasteiger charge is 2.25. The Bertz CT molecular complexity index is 1090. The normalized spacial score (nSPS) is 12.3. The van der Waals surface area contributed by atoms with Crippen molar-refractivity contribution in [1.29, 1.82) is 5.26 Å². The van der Waals surface area contributed by atoms with Gasteiger partial charge in [-0.1, -0.05) is 45.9 Å². The van der Waals surface area contributed by atoms with E-state index in [2.05, 4.69) is 27.7 Å². The molecule has 0 heterocycles. The van der Waals surface area contributed by atoms with Gasteiger partial charge in [-0.05, 0) is 66.1 Å². The minimum atomic E-state index is -3.97. The van der Waals surface area contributed by atoms with Gasteiger partial charge in [0.05, 0.1) is 22.1 Å². The van der Waals surface area contributed by atoms with Crippen LogP contribution in [0, 0.1) is 11.3 Å². The summed E-state index contributed by atoms with van der Waals surface area (Å²) in [4.78, 5) is 12.8. The fourth-order valence-corrected chi connectivity index (χ4v) is 4.95. The van der Waals surface area contributed by atoms with Crippen LogP contribution in [-0.2, 0) is 26.7 Å². The van der Waals surface area contributed by atoms with E-state index in [1.807, 2.05) is 24.3 Å². The first kappa shape index (κ1) is 24.8. The number of hydrogen-bond acceptors (Lipinski definition) is 5. The highest BCUT2D eigenvalue weighted by atomic mass is 32.2. The van der Waals surface area contributed by atoms with E-state index < -0.39 is 27.0 Å². The molecule has 0 amide bonds. The number of nitriles is 1. The summed E-state index contributed by atoms with van der Waals surface area (Å²) in [6.45, 7) is 11.2. The van der Waals surface area contributed by atoms with E-state index >= 15 is 0 Å². The van der Waals surface area contributed by atoms with E-state index in [9.17, 15) is 23.6 Å². The molecule has 2 rings (SSSR count). The molecule has 166 valence electrons. The van der Waals surface area contributed by atoms with Crippen LogP contribution in [0.15, 0.2) is 41.3 Å². The average molecular weight is 442 g/mol. The smallest absolute Gasteiger partial charge is 0.185 e. The number of carbonyl (C=O) groups excluding carboxylic acids is 1. The van der Waals surface area contributed by atoms with Crippen LogP contribution in [0.5, 0.6) is 0 Å². The van der Waals surface area contributed by atoms with Crippen molar-refractivity contribution in [3.05, 3.63) is 64.2 Å². The highest BCUT2D eigenvalue weighted by molar-refractivity contribution is 7.92. The number of sulfone groups is 1. The Labute approximate surface area is 185 Å². The molecule has 0 saturated carbocycles. The lowest BCUT2D eigenvalue weighted by molar-refractivity contribution is -0.116. The molecule has 0 aromatic heterocycles. The van der Waals surface area contributed by atoms with Gasteiger partial charge in [-0.15, -0.1) is 0 Å². The summed E-state index contributed by atoms with van der Waals surface area (Å²) < 4.78 is 26.0. The fraction of sp³-hybridized carbons (Fsp3) is 0.440. The van der Waals surface area contributed by atoms with Crippen molar-refractivity contribution >= 4 is 15.6 Å². The summed E-state index contributed by atoms with van der Waals surface area (Å²) in [6, 6.07) is 11.9. The predicted octanol–water partition coefficient (Wildman–Crippen LogP) is 4.62. The number of Topliss-reactive ketones (excluding diaryl/α,β-unsaturated/α-hetero) is 1. The standard InChI is InChI=1S/C25H31NO4S/c1-16(2)22-8-7-9-23(17(3)4)24(22)13-20(27)15-31(29,30)21-11-18(14-26)10-19(12-21)25(5,6)28/h7-12,16-17,28H,13,15H2,1-6H3. The number of ketones is 1. The summed E-state index contributed by atoms with van der Waals surface area (Å²) >= 11 is 0. The van der Waals surface area contributed by atoms with Gasteiger partial charge in [0.25, 0.3) is 0 Å². The van der Waals surface area contributed by atoms with Gasteiger partial charge in [0, 0.05) is 6.42 Å². The summed E-state index contributed by atoms with van der Waals surface area (Å²) in [7, 11) is -3.97. The molecule has 0 atom stereocenters. The number of benzene rings is 2. The molecule has 0 aliphatic rings. The van der Waals surface area contributed by atoms with E-state index in [0.29, 0.717) is 5.56 Å². The number of rotatable bonds is 8. The van der Waals surface area contributed by atoms with Gasteiger partial charge >= 0.3 is 0 Å². The number of hydrogen-bond donors (Lipinski definition) is 1. The predicted molar refractivity (Wildman–Crippen MR) is 122 cm³/mol. The topological polar surface area (TPSA) is 95.2 Å². The summed E-state index contributed by atoms with van der Waals surface area (Å²) in [5, 5.41) is 19.5. The maximum atomic E-state index is 13.0.